The van der Waals surface area contributed by atoms with Crippen LogP contribution in [-0.2, 0) is 22.5 Å². The molecule has 3 N–H and O–H groups in total. The molecule has 0 saturated carbocycles. The number of fused-ring (bicyclic) bond motifs is 1. The Hall–Kier alpha value is -3.46. The van der Waals surface area contributed by atoms with Crippen LogP contribution in [0.15, 0.2) is 22.9 Å². The first-order valence-corrected chi connectivity index (χ1v) is 17.6. The molecule has 12 heteroatoms. The van der Waals surface area contributed by atoms with Gasteiger partial charge in [0.1, 0.15) is 0 Å². The van der Waals surface area contributed by atoms with Gasteiger partial charge in [-0.15, -0.1) is 17.8 Å². The van der Waals surface area contributed by atoms with Gasteiger partial charge in [-0.25, -0.2) is 9.59 Å². The first-order valence-electron chi connectivity index (χ1n) is 16.3. The van der Waals surface area contributed by atoms with Crippen LogP contribution < -0.4 is 11.1 Å². The summed E-state index contributed by atoms with van der Waals surface area (Å²) in [5.41, 5.74) is 9.47. The van der Waals surface area contributed by atoms with Crippen LogP contribution in [0.5, 0.6) is 0 Å². The summed E-state index contributed by atoms with van der Waals surface area (Å²) in [4.78, 5) is 48.1. The summed E-state index contributed by atoms with van der Waals surface area (Å²) in [5.74, 6) is 3.67. The number of hydrogen-bond acceptors (Lipinski definition) is 7. The van der Waals surface area contributed by atoms with Gasteiger partial charge >= 0.3 is 12.1 Å². The highest BCUT2D eigenvalue weighted by Crippen LogP contribution is 2.34. The van der Waals surface area contributed by atoms with Crippen molar-refractivity contribution in [3.63, 3.8) is 0 Å². The average Bonchev–Trinajstić information content (AvgIpc) is 3.53. The number of ether oxygens (including phenoxy) is 1. The number of carbonyl (C=O) groups is 3. The van der Waals surface area contributed by atoms with Gasteiger partial charge in [-0.3, -0.25) is 4.79 Å². The highest BCUT2D eigenvalue weighted by atomic mass is 35.5. The van der Waals surface area contributed by atoms with Crippen molar-refractivity contribution in [3.05, 3.63) is 44.6 Å². The van der Waals surface area contributed by atoms with Crippen molar-refractivity contribution in [3.8, 4) is 12.3 Å². The van der Waals surface area contributed by atoms with Crippen LogP contribution in [0.2, 0.25) is 5.02 Å². The fourth-order valence-electron chi connectivity index (χ4n) is 7.45. The Balaban J connectivity index is 1.10. The van der Waals surface area contributed by atoms with Crippen LogP contribution in [0.25, 0.3) is 0 Å². The number of nitrogens with one attached hydrogen (secondary N) is 1. The molecule has 0 radical (unpaired) electrons. The molecule has 4 amide bonds. The maximum atomic E-state index is 14.0. The lowest BCUT2D eigenvalue weighted by Gasteiger charge is -2.41. The molecule has 5 heterocycles. The minimum absolute atomic E-state index is 0.0134. The summed E-state index contributed by atoms with van der Waals surface area (Å²) in [6, 6.07) is 3.33. The van der Waals surface area contributed by atoms with Crippen molar-refractivity contribution < 1.29 is 19.1 Å². The quantitative estimate of drug-likeness (QED) is 0.328. The van der Waals surface area contributed by atoms with E-state index in [9.17, 15) is 14.4 Å². The Bertz CT molecular complexity index is 1480. The van der Waals surface area contributed by atoms with Gasteiger partial charge in [-0.1, -0.05) is 17.5 Å². The minimum Gasteiger partial charge on any atom is -0.436 e. The molecule has 0 spiro atoms. The standard InChI is InChI=1S/C34H43ClN6O4S/c1-3-23-16-22(17-28(35)31(23)36)18-30(32(42)39-12-6-25(7-13-39)24-4-10-38(2)11-5-24)45-34(44)40-14-8-27(9-15-40)41-19-26-20-46-21-29(26)37-33(41)43/h1,16-17,20-21,24-25,27,30H,4-15,18-19,36H2,2H3,(H,37,43)/t30-/m1/s1. The number of rotatable bonds is 6. The Labute approximate surface area is 280 Å². The number of nitrogens with two attached hydrogens (primary N) is 1. The number of nitrogen functional groups attached to an aromatic ring is 1. The van der Waals surface area contributed by atoms with E-state index in [0.717, 1.165) is 37.2 Å². The van der Waals surface area contributed by atoms with E-state index in [1.807, 2.05) is 15.2 Å². The first kappa shape index (κ1) is 32.5. The summed E-state index contributed by atoms with van der Waals surface area (Å²) in [6.07, 6.45) is 9.84. The second kappa shape index (κ2) is 14.1. The van der Waals surface area contributed by atoms with E-state index >= 15 is 0 Å². The maximum Gasteiger partial charge on any atom is 0.410 e. The molecular formula is C34H43ClN6O4S. The minimum atomic E-state index is -1.03. The average molecular weight is 667 g/mol. The van der Waals surface area contributed by atoms with Crippen molar-refractivity contribution in [1.82, 2.24) is 19.6 Å². The second-order valence-electron chi connectivity index (χ2n) is 13.2. The van der Waals surface area contributed by atoms with Crippen molar-refractivity contribution in [2.24, 2.45) is 11.8 Å². The van der Waals surface area contributed by atoms with E-state index in [-0.39, 0.29) is 24.4 Å². The number of halogens is 1. The van der Waals surface area contributed by atoms with Crippen LogP contribution in [-0.4, -0.2) is 96.1 Å². The zero-order valence-electron chi connectivity index (χ0n) is 26.4. The van der Waals surface area contributed by atoms with Crippen molar-refractivity contribution >= 4 is 52.3 Å². The molecule has 1 aromatic carbocycles. The van der Waals surface area contributed by atoms with E-state index in [1.165, 1.54) is 12.8 Å². The number of likely N-dealkylation sites (tertiary alicyclic amines) is 3. The fraction of sp³-hybridized carbons (Fsp3) is 0.559. The van der Waals surface area contributed by atoms with Gasteiger partial charge in [-0.2, -0.15) is 0 Å². The highest BCUT2D eigenvalue weighted by Gasteiger charge is 2.37. The molecule has 10 nitrogen and oxygen atoms in total. The zero-order chi connectivity index (χ0) is 32.4. The molecule has 0 aliphatic carbocycles. The predicted molar refractivity (Wildman–Crippen MR) is 181 cm³/mol. The fourth-order valence-corrected chi connectivity index (χ4v) is 8.47. The van der Waals surface area contributed by atoms with Gasteiger partial charge < -0.3 is 35.4 Å². The van der Waals surface area contributed by atoms with Gasteiger partial charge in [0.05, 0.1) is 22.9 Å². The number of urea groups is 1. The largest absolute Gasteiger partial charge is 0.436 e. The summed E-state index contributed by atoms with van der Waals surface area (Å²) < 4.78 is 6.02. The normalized spacial score (nSPS) is 21.0. The Morgan fingerprint density at radius 2 is 1.70 bits per heavy atom. The molecule has 246 valence electrons. The lowest BCUT2D eigenvalue weighted by molar-refractivity contribution is -0.142. The Morgan fingerprint density at radius 1 is 1.04 bits per heavy atom. The number of carbonyl (C=O) groups excluding carboxylic acids is 3. The van der Waals surface area contributed by atoms with Gasteiger partial charge in [-0.05, 0) is 93.6 Å². The maximum absolute atomic E-state index is 14.0. The number of nitrogens with zero attached hydrogens (tertiary/aromatic N) is 4. The molecule has 46 heavy (non-hydrogen) atoms. The van der Waals surface area contributed by atoms with Gasteiger partial charge in [0, 0.05) is 55.1 Å². The number of terminal acetylenes is 1. The monoisotopic (exact) mass is 666 g/mol. The van der Waals surface area contributed by atoms with E-state index in [4.69, 9.17) is 28.5 Å². The highest BCUT2D eigenvalue weighted by molar-refractivity contribution is 7.08. The Morgan fingerprint density at radius 3 is 2.37 bits per heavy atom. The molecule has 3 fully saturated rings. The molecular weight excluding hydrogens is 624 g/mol. The SMILES string of the molecule is C#Cc1cc(C[C@@H](OC(=O)N2CCC(N3Cc4cscc4NC3=O)CC2)C(=O)N2CCC(C3CCN(C)CC3)CC2)cc(Cl)c1N. The second-order valence-corrected chi connectivity index (χ2v) is 14.3. The number of amides is 4. The van der Waals surface area contributed by atoms with Crippen LogP contribution in [0.1, 0.15) is 55.2 Å². The molecule has 0 unspecified atom stereocenters. The number of anilines is 2. The summed E-state index contributed by atoms with van der Waals surface area (Å²) in [5, 5.41) is 7.28. The first-order chi connectivity index (χ1) is 22.2. The molecule has 4 aliphatic rings. The Kier molecular flexibility index (Phi) is 9.97. The van der Waals surface area contributed by atoms with Crippen molar-refractivity contribution in [2.45, 2.75) is 63.6 Å². The van der Waals surface area contributed by atoms with E-state index in [1.54, 1.807) is 28.4 Å². The lowest BCUT2D eigenvalue weighted by Crippen LogP contribution is -2.52. The predicted octanol–water partition coefficient (Wildman–Crippen LogP) is 5.11. The topological polar surface area (TPSA) is 111 Å². The molecule has 0 bridgehead atoms. The third-order valence-corrected chi connectivity index (χ3v) is 11.4. The van der Waals surface area contributed by atoms with Crippen molar-refractivity contribution in [2.75, 3.05) is 57.4 Å². The van der Waals surface area contributed by atoms with Gasteiger partial charge in [0.2, 0.25) is 0 Å². The molecule has 1 atom stereocenters. The van der Waals surface area contributed by atoms with E-state index in [2.05, 4.69) is 28.6 Å². The van der Waals surface area contributed by atoms with Crippen molar-refractivity contribution in [1.29, 1.82) is 0 Å². The number of thiophene rings is 1. The van der Waals surface area contributed by atoms with Crippen LogP contribution in [0, 0.1) is 24.2 Å². The zero-order valence-corrected chi connectivity index (χ0v) is 28.0. The van der Waals surface area contributed by atoms with E-state index < -0.39 is 12.2 Å². The molecule has 2 aromatic rings. The number of piperidine rings is 3. The number of hydrogen-bond donors (Lipinski definition) is 2. The molecule has 6 rings (SSSR count). The van der Waals surface area contributed by atoms with Crippen LogP contribution in [0.4, 0.5) is 21.0 Å². The van der Waals surface area contributed by atoms with Gasteiger partial charge in [0.25, 0.3) is 5.91 Å². The lowest BCUT2D eigenvalue weighted by atomic mass is 9.79. The third kappa shape index (κ3) is 7.09. The number of benzene rings is 1. The summed E-state index contributed by atoms with van der Waals surface area (Å²) >= 11 is 7.95. The summed E-state index contributed by atoms with van der Waals surface area (Å²) in [6.45, 7) is 4.99. The molecule has 3 saturated heterocycles. The van der Waals surface area contributed by atoms with Crippen LogP contribution in [0.3, 0.4) is 0 Å². The molecule has 1 aromatic heterocycles. The third-order valence-electron chi connectivity index (χ3n) is 10.3. The van der Waals surface area contributed by atoms with Crippen LogP contribution >= 0.6 is 22.9 Å². The van der Waals surface area contributed by atoms with Gasteiger partial charge in [0.15, 0.2) is 6.10 Å². The molecule has 4 aliphatic heterocycles. The summed E-state index contributed by atoms with van der Waals surface area (Å²) in [7, 11) is 2.18. The smallest absolute Gasteiger partial charge is 0.410 e. The van der Waals surface area contributed by atoms with E-state index in [0.29, 0.717) is 79.2 Å².